The summed E-state index contributed by atoms with van der Waals surface area (Å²) < 4.78 is 0. The van der Waals surface area contributed by atoms with Crippen LogP contribution >= 0.6 is 0 Å². The summed E-state index contributed by atoms with van der Waals surface area (Å²) in [5.74, 6) is -1.02. The Morgan fingerprint density at radius 3 is 2.61 bits per heavy atom. The Balaban J connectivity index is 2.75. The molecule has 2 amide bonds. The molecule has 5 nitrogen and oxygen atoms in total. The van der Waals surface area contributed by atoms with E-state index in [0.29, 0.717) is 6.42 Å². The minimum atomic E-state index is -1.02. The van der Waals surface area contributed by atoms with Crippen molar-refractivity contribution in [3.05, 3.63) is 29.8 Å². The van der Waals surface area contributed by atoms with Crippen LogP contribution in [0.2, 0.25) is 0 Å². The molecule has 18 heavy (non-hydrogen) atoms. The number of benzene rings is 1. The van der Waals surface area contributed by atoms with Gasteiger partial charge in [-0.3, -0.25) is 4.90 Å². The number of rotatable bonds is 4. The summed E-state index contributed by atoms with van der Waals surface area (Å²) in [7, 11) is 1.61. The van der Waals surface area contributed by atoms with Gasteiger partial charge in [0.2, 0.25) is 0 Å². The van der Waals surface area contributed by atoms with E-state index in [9.17, 15) is 9.59 Å². The zero-order chi connectivity index (χ0) is 13.7. The number of carbonyl (C=O) groups is 2. The molecule has 0 aliphatic heterocycles. The van der Waals surface area contributed by atoms with Crippen molar-refractivity contribution in [2.75, 3.05) is 11.9 Å². The largest absolute Gasteiger partial charge is 0.480 e. The van der Waals surface area contributed by atoms with E-state index in [1.54, 1.807) is 20.0 Å². The van der Waals surface area contributed by atoms with Crippen LogP contribution in [0.4, 0.5) is 10.5 Å². The Morgan fingerprint density at radius 1 is 1.44 bits per heavy atom. The third-order valence-corrected chi connectivity index (χ3v) is 2.70. The maximum Gasteiger partial charge on any atom is 0.326 e. The Hall–Kier alpha value is -2.04. The number of aliphatic carboxylic acids is 1. The summed E-state index contributed by atoms with van der Waals surface area (Å²) in [4.78, 5) is 24.1. The van der Waals surface area contributed by atoms with Gasteiger partial charge in [-0.1, -0.05) is 19.1 Å². The lowest BCUT2D eigenvalue weighted by Crippen LogP contribution is -2.46. The first kappa shape index (κ1) is 14.0. The highest BCUT2D eigenvalue weighted by molar-refractivity contribution is 5.94. The normalized spacial score (nSPS) is 11.7. The Morgan fingerprint density at radius 2 is 2.11 bits per heavy atom. The second-order valence-corrected chi connectivity index (χ2v) is 4.15. The fraction of sp³-hybridized carbons (Fsp3) is 0.385. The highest BCUT2D eigenvalue weighted by Crippen LogP contribution is 2.14. The molecule has 98 valence electrons. The van der Waals surface area contributed by atoms with Gasteiger partial charge in [-0.15, -0.1) is 0 Å². The number of hydrogen-bond donors (Lipinski definition) is 2. The molecule has 0 radical (unpaired) electrons. The highest BCUT2D eigenvalue weighted by Gasteiger charge is 2.20. The quantitative estimate of drug-likeness (QED) is 0.858. The summed E-state index contributed by atoms with van der Waals surface area (Å²) in [5, 5.41) is 11.4. The lowest BCUT2D eigenvalue weighted by molar-refractivity contribution is -0.139. The first-order valence-corrected chi connectivity index (χ1v) is 5.79. The highest BCUT2D eigenvalue weighted by atomic mass is 16.4. The van der Waals surface area contributed by atoms with Crippen LogP contribution in [0.5, 0.6) is 0 Å². The molecule has 0 saturated heterocycles. The van der Waals surface area contributed by atoms with Gasteiger partial charge in [0.25, 0.3) is 0 Å². The number of nitrogens with one attached hydrogen (secondary N) is 1. The lowest BCUT2D eigenvalue weighted by Gasteiger charge is -2.21. The van der Waals surface area contributed by atoms with Crippen molar-refractivity contribution < 1.29 is 14.7 Å². The van der Waals surface area contributed by atoms with E-state index >= 15 is 0 Å². The predicted octanol–water partition coefficient (Wildman–Crippen LogP) is 2.00. The fourth-order valence-electron chi connectivity index (χ4n) is 1.54. The van der Waals surface area contributed by atoms with Crippen LogP contribution in [0, 0.1) is 6.92 Å². The standard InChI is InChI=1S/C13H18N2O3/c1-4-11(12(16)17)14-13(18)15(3)10-7-5-6-9(2)8-10/h5-8,11H,4H2,1-3H3,(H,14,18)(H,16,17). The maximum atomic E-state index is 11.9. The van der Waals surface area contributed by atoms with Gasteiger partial charge in [-0.05, 0) is 31.0 Å². The van der Waals surface area contributed by atoms with Gasteiger partial charge in [0, 0.05) is 12.7 Å². The molecule has 0 aromatic heterocycles. The number of aryl methyl sites for hydroxylation is 1. The molecule has 2 N–H and O–H groups in total. The summed E-state index contributed by atoms with van der Waals surface area (Å²) in [6.07, 6.45) is 0.350. The Bertz CT molecular complexity index is 446. The summed E-state index contributed by atoms with van der Waals surface area (Å²) in [6, 6.07) is 6.17. The minimum absolute atomic E-state index is 0.350. The number of amides is 2. The van der Waals surface area contributed by atoms with Crippen molar-refractivity contribution >= 4 is 17.7 Å². The van der Waals surface area contributed by atoms with Gasteiger partial charge in [0.1, 0.15) is 6.04 Å². The van der Waals surface area contributed by atoms with Crippen LogP contribution in [0.25, 0.3) is 0 Å². The second kappa shape index (κ2) is 6.05. The molecule has 1 unspecified atom stereocenters. The van der Waals surface area contributed by atoms with Crippen LogP contribution in [0.1, 0.15) is 18.9 Å². The zero-order valence-corrected chi connectivity index (χ0v) is 10.8. The van der Waals surface area contributed by atoms with Gasteiger partial charge >= 0.3 is 12.0 Å². The molecule has 5 heteroatoms. The molecule has 1 aromatic carbocycles. The maximum absolute atomic E-state index is 11.9. The molecular weight excluding hydrogens is 232 g/mol. The molecule has 0 spiro atoms. The summed E-state index contributed by atoms with van der Waals surface area (Å²) in [6.45, 7) is 3.65. The topological polar surface area (TPSA) is 69.6 Å². The molecule has 0 aliphatic rings. The number of urea groups is 1. The van der Waals surface area contributed by atoms with Crippen LogP contribution in [-0.4, -0.2) is 30.2 Å². The number of carboxylic acids is 1. The molecule has 0 bridgehead atoms. The van der Waals surface area contributed by atoms with Crippen LogP contribution < -0.4 is 10.2 Å². The summed E-state index contributed by atoms with van der Waals surface area (Å²) >= 11 is 0. The van der Waals surface area contributed by atoms with Crippen molar-refractivity contribution in [2.24, 2.45) is 0 Å². The first-order chi connectivity index (χ1) is 8.45. The SMILES string of the molecule is CCC(NC(=O)N(C)c1cccc(C)c1)C(=O)O. The molecule has 0 aliphatic carbocycles. The predicted molar refractivity (Wildman–Crippen MR) is 69.8 cm³/mol. The van der Waals surface area contributed by atoms with Crippen LogP contribution in [0.3, 0.4) is 0 Å². The van der Waals surface area contributed by atoms with E-state index in [0.717, 1.165) is 11.3 Å². The molecule has 0 heterocycles. The van der Waals surface area contributed by atoms with E-state index in [2.05, 4.69) is 5.32 Å². The summed E-state index contributed by atoms with van der Waals surface area (Å²) in [5.41, 5.74) is 1.77. The molecule has 0 saturated carbocycles. The van der Waals surface area contributed by atoms with Gasteiger partial charge < -0.3 is 10.4 Å². The van der Waals surface area contributed by atoms with Crippen LogP contribution in [0.15, 0.2) is 24.3 Å². The molecular formula is C13H18N2O3. The van der Waals surface area contributed by atoms with E-state index in [1.807, 2.05) is 25.1 Å². The van der Waals surface area contributed by atoms with Gasteiger partial charge in [-0.2, -0.15) is 0 Å². The van der Waals surface area contributed by atoms with E-state index in [4.69, 9.17) is 5.11 Å². The smallest absolute Gasteiger partial charge is 0.326 e. The van der Waals surface area contributed by atoms with Gasteiger partial charge in [0.15, 0.2) is 0 Å². The minimum Gasteiger partial charge on any atom is -0.480 e. The zero-order valence-electron chi connectivity index (χ0n) is 10.8. The number of carbonyl (C=O) groups excluding carboxylic acids is 1. The third-order valence-electron chi connectivity index (χ3n) is 2.70. The number of nitrogens with zero attached hydrogens (tertiary/aromatic N) is 1. The third kappa shape index (κ3) is 3.48. The number of carboxylic acid groups (broad SMARTS) is 1. The Labute approximate surface area is 106 Å². The second-order valence-electron chi connectivity index (χ2n) is 4.15. The monoisotopic (exact) mass is 250 g/mol. The molecule has 1 atom stereocenters. The van der Waals surface area contributed by atoms with E-state index in [-0.39, 0.29) is 0 Å². The average molecular weight is 250 g/mol. The first-order valence-electron chi connectivity index (χ1n) is 5.79. The van der Waals surface area contributed by atoms with Crippen molar-refractivity contribution in [1.29, 1.82) is 0 Å². The number of anilines is 1. The van der Waals surface area contributed by atoms with Crippen molar-refractivity contribution in [2.45, 2.75) is 26.3 Å². The van der Waals surface area contributed by atoms with Gasteiger partial charge in [0.05, 0.1) is 0 Å². The van der Waals surface area contributed by atoms with Gasteiger partial charge in [-0.25, -0.2) is 9.59 Å². The molecule has 1 aromatic rings. The molecule has 0 fully saturated rings. The number of hydrogen-bond acceptors (Lipinski definition) is 2. The molecule has 1 rings (SSSR count). The van der Waals surface area contributed by atoms with Crippen molar-refractivity contribution in [1.82, 2.24) is 5.32 Å². The lowest BCUT2D eigenvalue weighted by atomic mass is 10.2. The van der Waals surface area contributed by atoms with E-state index < -0.39 is 18.0 Å². The fourth-order valence-corrected chi connectivity index (χ4v) is 1.54. The van der Waals surface area contributed by atoms with E-state index in [1.165, 1.54) is 4.90 Å². The van der Waals surface area contributed by atoms with Crippen LogP contribution in [-0.2, 0) is 4.79 Å². The average Bonchev–Trinajstić information content (AvgIpc) is 2.34. The van der Waals surface area contributed by atoms with Crippen molar-refractivity contribution in [3.8, 4) is 0 Å². The van der Waals surface area contributed by atoms with Crippen molar-refractivity contribution in [3.63, 3.8) is 0 Å². The Kier molecular flexibility index (Phi) is 4.71.